The first-order chi connectivity index (χ1) is 8.27. The van der Waals surface area contributed by atoms with E-state index in [1.165, 1.54) is 12.8 Å². The van der Waals surface area contributed by atoms with Crippen molar-refractivity contribution in [1.29, 1.82) is 5.41 Å². The molecule has 3 N–H and O–H groups in total. The average Bonchev–Trinajstić information content (AvgIpc) is 2.82. The van der Waals surface area contributed by atoms with E-state index in [4.69, 9.17) is 15.9 Å². The Morgan fingerprint density at radius 1 is 1.47 bits per heavy atom. The van der Waals surface area contributed by atoms with Crippen molar-refractivity contribution < 1.29 is 4.74 Å². The van der Waals surface area contributed by atoms with Crippen LogP contribution < -0.4 is 5.73 Å². The lowest BCUT2D eigenvalue weighted by Crippen LogP contribution is -2.14. The summed E-state index contributed by atoms with van der Waals surface area (Å²) in [6.45, 7) is 0.912. The molecule has 17 heavy (non-hydrogen) atoms. The molecule has 0 saturated carbocycles. The monoisotopic (exact) mass is 250 g/mol. The highest BCUT2D eigenvalue weighted by Gasteiger charge is 2.15. The Bertz CT molecular complexity index is 389. The molecular weight excluding hydrogens is 232 g/mol. The van der Waals surface area contributed by atoms with Crippen molar-refractivity contribution in [3.05, 3.63) is 35.4 Å². The second kappa shape index (κ2) is 6.07. The largest absolute Gasteiger partial charge is 0.384 e. The summed E-state index contributed by atoms with van der Waals surface area (Å²) in [6, 6.07) is 7.86. The Labute approximate surface area is 106 Å². The molecule has 1 heterocycles. The molecule has 1 aromatic rings. The maximum Gasteiger partial charge on any atom is 0.123 e. The van der Waals surface area contributed by atoms with E-state index in [-0.39, 0.29) is 5.84 Å². The van der Waals surface area contributed by atoms with Gasteiger partial charge < -0.3 is 10.5 Å². The molecule has 4 heteroatoms. The molecule has 0 aromatic heterocycles. The fraction of sp³-hybridized carbons (Fsp3) is 0.462. The molecule has 1 saturated heterocycles. The lowest BCUT2D eigenvalue weighted by atomic mass is 10.1. The topological polar surface area (TPSA) is 59.1 Å². The van der Waals surface area contributed by atoms with Crippen LogP contribution in [0, 0.1) is 5.41 Å². The zero-order valence-electron chi connectivity index (χ0n) is 9.82. The fourth-order valence-electron chi connectivity index (χ4n) is 1.99. The van der Waals surface area contributed by atoms with Crippen LogP contribution in [0.2, 0.25) is 0 Å². The van der Waals surface area contributed by atoms with Crippen molar-refractivity contribution in [2.24, 2.45) is 5.73 Å². The van der Waals surface area contributed by atoms with Gasteiger partial charge in [0.1, 0.15) is 5.84 Å². The highest BCUT2D eigenvalue weighted by Crippen LogP contribution is 2.21. The maximum absolute atomic E-state index is 7.52. The minimum Gasteiger partial charge on any atom is -0.384 e. The molecule has 2 rings (SSSR count). The van der Waals surface area contributed by atoms with E-state index in [0.717, 1.165) is 29.2 Å². The Kier molecular flexibility index (Phi) is 4.45. The third-order valence-electron chi connectivity index (χ3n) is 2.89. The first kappa shape index (κ1) is 12.5. The van der Waals surface area contributed by atoms with Gasteiger partial charge in [0.2, 0.25) is 0 Å². The molecule has 1 unspecified atom stereocenters. The van der Waals surface area contributed by atoms with E-state index in [0.29, 0.717) is 6.10 Å². The quantitative estimate of drug-likeness (QED) is 0.623. The summed E-state index contributed by atoms with van der Waals surface area (Å²) in [6.07, 6.45) is 2.79. The molecule has 1 fully saturated rings. The standard InChI is InChI=1S/C13H18N2OS/c14-13(15)12-6-2-1-4-10(12)8-17-9-11-5-3-7-16-11/h1-2,4,6,11H,3,5,7-9H2,(H3,14,15). The van der Waals surface area contributed by atoms with E-state index in [1.54, 1.807) is 0 Å². The number of amidine groups is 1. The van der Waals surface area contributed by atoms with E-state index < -0.39 is 0 Å². The second-order valence-corrected chi connectivity index (χ2v) is 5.25. The van der Waals surface area contributed by atoms with Gasteiger partial charge in [0.25, 0.3) is 0 Å². The number of benzene rings is 1. The number of nitrogens with one attached hydrogen (secondary N) is 1. The number of rotatable bonds is 5. The number of nitrogen functional groups attached to an aromatic ring is 1. The van der Waals surface area contributed by atoms with E-state index >= 15 is 0 Å². The van der Waals surface area contributed by atoms with Gasteiger partial charge in [-0.25, -0.2) is 0 Å². The van der Waals surface area contributed by atoms with Crippen LogP contribution in [0.1, 0.15) is 24.0 Å². The van der Waals surface area contributed by atoms with Gasteiger partial charge in [-0.05, 0) is 18.4 Å². The van der Waals surface area contributed by atoms with Gasteiger partial charge in [-0.1, -0.05) is 24.3 Å². The molecule has 0 amide bonds. The van der Waals surface area contributed by atoms with E-state index in [1.807, 2.05) is 36.0 Å². The maximum atomic E-state index is 7.52. The van der Waals surface area contributed by atoms with Crippen LogP contribution in [0.5, 0.6) is 0 Å². The molecule has 0 spiro atoms. The summed E-state index contributed by atoms with van der Waals surface area (Å²) < 4.78 is 5.58. The summed E-state index contributed by atoms with van der Waals surface area (Å²) in [5, 5.41) is 7.52. The number of ether oxygens (including phenoxy) is 1. The molecule has 1 aliphatic rings. The minimum absolute atomic E-state index is 0.151. The summed E-state index contributed by atoms with van der Waals surface area (Å²) in [5.74, 6) is 2.08. The Hall–Kier alpha value is -1.00. The molecule has 3 nitrogen and oxygen atoms in total. The van der Waals surface area contributed by atoms with Crippen LogP contribution in [0.25, 0.3) is 0 Å². The van der Waals surface area contributed by atoms with Crippen LogP contribution in [0.15, 0.2) is 24.3 Å². The second-order valence-electron chi connectivity index (χ2n) is 4.22. The van der Waals surface area contributed by atoms with Gasteiger partial charge in [0.15, 0.2) is 0 Å². The minimum atomic E-state index is 0.151. The van der Waals surface area contributed by atoms with Gasteiger partial charge >= 0.3 is 0 Å². The van der Waals surface area contributed by atoms with Gasteiger partial charge in [-0.15, -0.1) is 0 Å². The first-order valence-corrected chi connectivity index (χ1v) is 7.04. The third-order valence-corrected chi connectivity index (χ3v) is 4.02. The summed E-state index contributed by atoms with van der Waals surface area (Å²) in [7, 11) is 0. The highest BCUT2D eigenvalue weighted by atomic mass is 32.2. The predicted molar refractivity (Wildman–Crippen MR) is 72.6 cm³/mol. The van der Waals surface area contributed by atoms with Gasteiger partial charge in [-0.3, -0.25) is 5.41 Å². The zero-order chi connectivity index (χ0) is 12.1. The number of hydrogen-bond donors (Lipinski definition) is 2. The number of thioether (sulfide) groups is 1. The third kappa shape index (κ3) is 3.48. The van der Waals surface area contributed by atoms with Crippen molar-refractivity contribution in [2.45, 2.75) is 24.7 Å². The Morgan fingerprint density at radius 3 is 3.00 bits per heavy atom. The molecule has 1 aliphatic heterocycles. The Morgan fingerprint density at radius 2 is 2.29 bits per heavy atom. The molecule has 0 bridgehead atoms. The van der Waals surface area contributed by atoms with Crippen LogP contribution in [-0.4, -0.2) is 24.3 Å². The summed E-state index contributed by atoms with van der Waals surface area (Å²) in [5.41, 5.74) is 7.55. The lowest BCUT2D eigenvalue weighted by molar-refractivity contribution is 0.129. The van der Waals surface area contributed by atoms with Crippen LogP contribution >= 0.6 is 11.8 Å². The fourth-order valence-corrected chi connectivity index (χ4v) is 3.10. The van der Waals surface area contributed by atoms with Crippen LogP contribution in [0.3, 0.4) is 0 Å². The van der Waals surface area contributed by atoms with Gasteiger partial charge in [0.05, 0.1) is 6.10 Å². The van der Waals surface area contributed by atoms with Crippen molar-refractivity contribution in [1.82, 2.24) is 0 Å². The SMILES string of the molecule is N=C(N)c1ccccc1CSCC1CCCO1. The molecule has 0 radical (unpaired) electrons. The lowest BCUT2D eigenvalue weighted by Gasteiger charge is -2.10. The average molecular weight is 250 g/mol. The molecule has 1 aromatic carbocycles. The predicted octanol–water partition coefficient (Wildman–Crippen LogP) is 2.38. The summed E-state index contributed by atoms with van der Waals surface area (Å²) >= 11 is 1.86. The zero-order valence-corrected chi connectivity index (χ0v) is 10.6. The van der Waals surface area contributed by atoms with E-state index in [2.05, 4.69) is 0 Å². The van der Waals surface area contributed by atoms with Gasteiger partial charge in [0, 0.05) is 23.7 Å². The van der Waals surface area contributed by atoms with Crippen molar-refractivity contribution in [3.63, 3.8) is 0 Å². The van der Waals surface area contributed by atoms with Gasteiger partial charge in [-0.2, -0.15) is 11.8 Å². The number of nitrogens with two attached hydrogens (primary N) is 1. The number of hydrogen-bond acceptors (Lipinski definition) is 3. The highest BCUT2D eigenvalue weighted by molar-refractivity contribution is 7.98. The summed E-state index contributed by atoms with van der Waals surface area (Å²) in [4.78, 5) is 0. The van der Waals surface area contributed by atoms with Crippen LogP contribution in [0.4, 0.5) is 0 Å². The molecule has 92 valence electrons. The molecule has 1 atom stereocenters. The first-order valence-electron chi connectivity index (χ1n) is 5.89. The van der Waals surface area contributed by atoms with E-state index in [9.17, 15) is 0 Å². The van der Waals surface area contributed by atoms with Crippen LogP contribution in [-0.2, 0) is 10.5 Å². The Balaban J connectivity index is 1.87. The normalized spacial score (nSPS) is 19.4. The van der Waals surface area contributed by atoms with Crippen molar-refractivity contribution >= 4 is 17.6 Å². The van der Waals surface area contributed by atoms with Crippen molar-refractivity contribution in [2.75, 3.05) is 12.4 Å². The molecule has 0 aliphatic carbocycles. The smallest absolute Gasteiger partial charge is 0.123 e. The van der Waals surface area contributed by atoms with Crippen molar-refractivity contribution in [3.8, 4) is 0 Å². The molecular formula is C13H18N2OS.